The number of hydrogen-bond acceptors (Lipinski definition) is 4. The van der Waals surface area contributed by atoms with Crippen molar-refractivity contribution in [2.75, 3.05) is 4.90 Å². The summed E-state index contributed by atoms with van der Waals surface area (Å²) >= 11 is 0. The van der Waals surface area contributed by atoms with Gasteiger partial charge in [0.1, 0.15) is 11.4 Å². The number of hydrogen-bond donors (Lipinski definition) is 1. The predicted octanol–water partition coefficient (Wildman–Crippen LogP) is 7.42. The molecule has 0 aliphatic heterocycles. The van der Waals surface area contributed by atoms with Crippen molar-refractivity contribution >= 4 is 39.1 Å². The Bertz CT molecular complexity index is 1660. The zero-order valence-corrected chi connectivity index (χ0v) is 19.3. The number of rotatable bonds is 5. The molecule has 2 aromatic heterocycles. The summed E-state index contributed by atoms with van der Waals surface area (Å²) in [6.07, 6.45) is 0. The first-order valence-corrected chi connectivity index (χ1v) is 11.7. The van der Waals surface area contributed by atoms with E-state index in [0.717, 1.165) is 45.9 Å². The van der Waals surface area contributed by atoms with Crippen molar-refractivity contribution in [3.8, 4) is 11.4 Å². The van der Waals surface area contributed by atoms with Gasteiger partial charge in [0.25, 0.3) is 0 Å². The number of benzene rings is 4. The van der Waals surface area contributed by atoms with Crippen LogP contribution >= 0.6 is 0 Å². The summed E-state index contributed by atoms with van der Waals surface area (Å²) in [6.45, 7) is 2.85. The number of nitrogens with zero attached hydrogens (tertiary/aromatic N) is 3. The van der Waals surface area contributed by atoms with Gasteiger partial charge >= 0.3 is 0 Å². The molecule has 35 heavy (non-hydrogen) atoms. The normalized spacial score (nSPS) is 11.2. The highest BCUT2D eigenvalue weighted by atomic mass is 16.3. The monoisotopic (exact) mass is 456 g/mol. The third kappa shape index (κ3) is 3.67. The Morgan fingerprint density at radius 3 is 2.11 bits per heavy atom. The Morgan fingerprint density at radius 1 is 0.771 bits per heavy atom. The molecule has 0 aliphatic rings. The molecule has 0 saturated carbocycles. The molecule has 1 N–H and O–H groups in total. The van der Waals surface area contributed by atoms with E-state index in [1.54, 1.807) is 0 Å². The SMILES string of the molecule is CCn1c(-c2cc3ccc(N(c4ccccc4)c4ccccc4)cc3oc2=N)nc2ccccc21. The van der Waals surface area contributed by atoms with Crippen molar-refractivity contribution in [3.63, 3.8) is 0 Å². The van der Waals surface area contributed by atoms with Crippen molar-refractivity contribution < 1.29 is 4.42 Å². The first-order chi connectivity index (χ1) is 17.2. The fourth-order valence-electron chi connectivity index (χ4n) is 4.62. The molecule has 6 rings (SSSR count). The summed E-state index contributed by atoms with van der Waals surface area (Å²) in [7, 11) is 0. The number of imidazole rings is 1. The fraction of sp³-hybridized carbons (Fsp3) is 0.0667. The zero-order chi connectivity index (χ0) is 23.8. The van der Waals surface area contributed by atoms with Crippen molar-refractivity contribution in [3.05, 3.63) is 115 Å². The Hall–Kier alpha value is -4.64. The third-order valence-electron chi connectivity index (χ3n) is 6.25. The molecule has 0 amide bonds. The second-order valence-corrected chi connectivity index (χ2v) is 8.39. The Morgan fingerprint density at radius 2 is 1.43 bits per heavy atom. The maximum atomic E-state index is 8.71. The summed E-state index contributed by atoms with van der Waals surface area (Å²) in [6, 6.07) is 36.7. The molecule has 0 unspecified atom stereocenters. The van der Waals surface area contributed by atoms with Crippen LogP contribution in [0, 0.1) is 5.41 Å². The number of aromatic nitrogens is 2. The molecule has 5 nitrogen and oxygen atoms in total. The summed E-state index contributed by atoms with van der Waals surface area (Å²) in [5, 5.41) is 9.63. The van der Waals surface area contributed by atoms with E-state index in [1.807, 2.05) is 66.7 Å². The highest BCUT2D eigenvalue weighted by molar-refractivity contribution is 5.88. The van der Waals surface area contributed by atoms with E-state index >= 15 is 0 Å². The van der Waals surface area contributed by atoms with E-state index in [4.69, 9.17) is 14.8 Å². The number of aryl methyl sites for hydroxylation is 1. The van der Waals surface area contributed by atoms with E-state index < -0.39 is 0 Å². The van der Waals surface area contributed by atoms with Gasteiger partial charge in [0.05, 0.1) is 16.6 Å². The summed E-state index contributed by atoms with van der Waals surface area (Å²) in [4.78, 5) is 7.00. The van der Waals surface area contributed by atoms with Gasteiger partial charge in [-0.2, -0.15) is 0 Å². The second-order valence-electron chi connectivity index (χ2n) is 8.39. The highest BCUT2D eigenvalue weighted by Gasteiger charge is 2.17. The van der Waals surface area contributed by atoms with Crippen molar-refractivity contribution in [2.45, 2.75) is 13.5 Å². The predicted molar refractivity (Wildman–Crippen MR) is 141 cm³/mol. The van der Waals surface area contributed by atoms with Gasteiger partial charge in [-0.15, -0.1) is 0 Å². The second kappa shape index (κ2) is 8.61. The minimum absolute atomic E-state index is 0.102. The molecule has 0 spiro atoms. The Kier molecular flexibility index (Phi) is 5.15. The molecule has 5 heteroatoms. The number of nitrogens with one attached hydrogen (secondary N) is 1. The van der Waals surface area contributed by atoms with Crippen LogP contribution in [0.2, 0.25) is 0 Å². The van der Waals surface area contributed by atoms with Gasteiger partial charge < -0.3 is 13.9 Å². The molecular formula is C30H24N4O. The van der Waals surface area contributed by atoms with E-state index in [2.05, 4.69) is 58.9 Å². The lowest BCUT2D eigenvalue weighted by Gasteiger charge is -2.25. The molecule has 0 aliphatic carbocycles. The molecule has 0 atom stereocenters. The molecule has 0 fully saturated rings. The largest absolute Gasteiger partial charge is 0.438 e. The number of para-hydroxylation sites is 4. The van der Waals surface area contributed by atoms with E-state index in [9.17, 15) is 0 Å². The quantitative estimate of drug-likeness (QED) is 0.294. The highest BCUT2D eigenvalue weighted by Crippen LogP contribution is 2.36. The van der Waals surface area contributed by atoms with Crippen molar-refractivity contribution in [1.82, 2.24) is 9.55 Å². The van der Waals surface area contributed by atoms with Crippen LogP contribution in [0.4, 0.5) is 17.1 Å². The average Bonchev–Trinajstić information content (AvgIpc) is 3.28. The minimum atomic E-state index is 0.102. The lowest BCUT2D eigenvalue weighted by atomic mass is 10.1. The van der Waals surface area contributed by atoms with Gasteiger partial charge in [0.2, 0.25) is 5.55 Å². The van der Waals surface area contributed by atoms with Gasteiger partial charge in [0.15, 0.2) is 0 Å². The van der Waals surface area contributed by atoms with Crippen molar-refractivity contribution in [1.29, 1.82) is 5.41 Å². The zero-order valence-electron chi connectivity index (χ0n) is 19.3. The minimum Gasteiger partial charge on any atom is -0.438 e. The smallest absolute Gasteiger partial charge is 0.223 e. The molecule has 0 saturated heterocycles. The Balaban J connectivity index is 1.50. The molecule has 4 aromatic carbocycles. The van der Waals surface area contributed by atoms with Crippen LogP contribution in [0.3, 0.4) is 0 Å². The summed E-state index contributed by atoms with van der Waals surface area (Å²) in [5.41, 5.74) is 6.49. The number of anilines is 3. The van der Waals surface area contributed by atoms with Gasteiger partial charge in [-0.25, -0.2) is 4.98 Å². The standard InChI is InChI=1S/C30H24N4O/c1-2-33-27-16-10-9-15-26(27)32-30(33)25-19-21-17-18-24(20-28(21)35-29(25)31)34(22-11-5-3-6-12-22)23-13-7-4-8-14-23/h3-20,31H,2H2,1H3. The maximum absolute atomic E-state index is 8.71. The molecular weight excluding hydrogens is 432 g/mol. The average molecular weight is 457 g/mol. The molecule has 2 heterocycles. The lowest BCUT2D eigenvalue weighted by molar-refractivity contribution is 0.534. The van der Waals surface area contributed by atoms with Crippen LogP contribution in [0.15, 0.2) is 114 Å². The van der Waals surface area contributed by atoms with Crippen LogP contribution in [0.1, 0.15) is 6.92 Å². The topological polar surface area (TPSA) is 58.1 Å². The van der Waals surface area contributed by atoms with Gasteiger partial charge in [-0.3, -0.25) is 5.41 Å². The molecule has 0 radical (unpaired) electrons. The van der Waals surface area contributed by atoms with Gasteiger partial charge in [-0.1, -0.05) is 48.5 Å². The molecule has 170 valence electrons. The third-order valence-corrected chi connectivity index (χ3v) is 6.25. The van der Waals surface area contributed by atoms with Crippen LogP contribution in [-0.2, 0) is 6.54 Å². The van der Waals surface area contributed by atoms with Crippen LogP contribution in [0.5, 0.6) is 0 Å². The molecule has 6 aromatic rings. The first-order valence-electron chi connectivity index (χ1n) is 11.7. The Labute approximate surface area is 203 Å². The molecule has 0 bridgehead atoms. The first kappa shape index (κ1) is 20.9. The maximum Gasteiger partial charge on any atom is 0.223 e. The van der Waals surface area contributed by atoms with Gasteiger partial charge in [-0.05, 0) is 61.5 Å². The fourth-order valence-corrected chi connectivity index (χ4v) is 4.62. The van der Waals surface area contributed by atoms with Gasteiger partial charge in [0, 0.05) is 35.1 Å². The van der Waals surface area contributed by atoms with Crippen molar-refractivity contribution in [2.24, 2.45) is 0 Å². The van der Waals surface area contributed by atoms with Crippen LogP contribution < -0.4 is 10.5 Å². The number of fused-ring (bicyclic) bond motifs is 2. The van der Waals surface area contributed by atoms with Crippen LogP contribution in [-0.4, -0.2) is 9.55 Å². The summed E-state index contributed by atoms with van der Waals surface area (Å²) < 4.78 is 8.22. The van der Waals surface area contributed by atoms with E-state index in [1.165, 1.54) is 0 Å². The van der Waals surface area contributed by atoms with E-state index in [0.29, 0.717) is 11.1 Å². The van der Waals surface area contributed by atoms with Crippen LogP contribution in [0.25, 0.3) is 33.4 Å². The summed E-state index contributed by atoms with van der Waals surface area (Å²) in [5.74, 6) is 0.753. The van der Waals surface area contributed by atoms with E-state index in [-0.39, 0.29) is 5.55 Å². The lowest BCUT2D eigenvalue weighted by Crippen LogP contribution is -2.10.